The Balaban J connectivity index is 2.14. The van der Waals surface area contributed by atoms with Gasteiger partial charge in [-0.05, 0) is 42.0 Å². The van der Waals surface area contributed by atoms with Gasteiger partial charge in [-0.2, -0.15) is 0 Å². The highest BCUT2D eigenvalue weighted by molar-refractivity contribution is 5.97. The first-order valence-electron chi connectivity index (χ1n) is 5.28. The van der Waals surface area contributed by atoms with Crippen LogP contribution in [0.1, 0.15) is 15.9 Å². The Morgan fingerprint density at radius 2 is 1.82 bits per heavy atom. The SMILES string of the molecule is Nc1cccc(CC(=O)c2ccc(F)cc2)c1. The van der Waals surface area contributed by atoms with Crippen LogP contribution >= 0.6 is 0 Å². The first-order chi connectivity index (χ1) is 8.15. The molecule has 0 aliphatic heterocycles. The number of benzene rings is 2. The van der Waals surface area contributed by atoms with E-state index >= 15 is 0 Å². The topological polar surface area (TPSA) is 43.1 Å². The van der Waals surface area contributed by atoms with Gasteiger partial charge in [-0.15, -0.1) is 0 Å². The first-order valence-corrected chi connectivity index (χ1v) is 5.28. The lowest BCUT2D eigenvalue weighted by atomic mass is 10.0. The van der Waals surface area contributed by atoms with Crippen molar-refractivity contribution in [2.75, 3.05) is 5.73 Å². The average Bonchev–Trinajstić information content (AvgIpc) is 2.29. The summed E-state index contributed by atoms with van der Waals surface area (Å²) in [6.07, 6.45) is 0.274. The molecule has 2 N–H and O–H groups in total. The number of nitrogen functional groups attached to an aromatic ring is 1. The molecule has 2 rings (SSSR count). The molecule has 2 aromatic rings. The minimum Gasteiger partial charge on any atom is -0.399 e. The van der Waals surface area contributed by atoms with E-state index in [1.807, 2.05) is 12.1 Å². The van der Waals surface area contributed by atoms with Gasteiger partial charge in [0.2, 0.25) is 0 Å². The number of carbonyl (C=O) groups excluding carboxylic acids is 1. The minimum absolute atomic E-state index is 0.0457. The first kappa shape index (κ1) is 11.3. The Kier molecular flexibility index (Phi) is 3.19. The van der Waals surface area contributed by atoms with Gasteiger partial charge in [0, 0.05) is 17.7 Å². The van der Waals surface area contributed by atoms with Crippen LogP contribution in [0.3, 0.4) is 0 Å². The summed E-state index contributed by atoms with van der Waals surface area (Å²) in [5, 5.41) is 0. The third-order valence-corrected chi connectivity index (χ3v) is 2.48. The van der Waals surface area contributed by atoms with E-state index < -0.39 is 0 Å². The highest BCUT2D eigenvalue weighted by Crippen LogP contribution is 2.11. The van der Waals surface area contributed by atoms with Crippen molar-refractivity contribution < 1.29 is 9.18 Å². The van der Waals surface area contributed by atoms with Crippen LogP contribution in [-0.2, 0) is 6.42 Å². The lowest BCUT2D eigenvalue weighted by molar-refractivity contribution is 0.0993. The second-order valence-corrected chi connectivity index (χ2v) is 3.85. The summed E-state index contributed by atoms with van der Waals surface area (Å²) in [4.78, 5) is 11.9. The van der Waals surface area contributed by atoms with Crippen LogP contribution < -0.4 is 5.73 Å². The van der Waals surface area contributed by atoms with Crippen molar-refractivity contribution in [2.45, 2.75) is 6.42 Å². The molecule has 2 aromatic carbocycles. The molecule has 0 radical (unpaired) electrons. The van der Waals surface area contributed by atoms with Crippen LogP contribution in [0.5, 0.6) is 0 Å². The van der Waals surface area contributed by atoms with Crippen LogP contribution in [0.4, 0.5) is 10.1 Å². The number of hydrogen-bond acceptors (Lipinski definition) is 2. The van der Waals surface area contributed by atoms with E-state index in [0.29, 0.717) is 11.3 Å². The van der Waals surface area contributed by atoms with Crippen molar-refractivity contribution in [1.82, 2.24) is 0 Å². The number of halogens is 1. The molecule has 2 nitrogen and oxygen atoms in total. The Bertz CT molecular complexity index is 534. The number of rotatable bonds is 3. The molecule has 17 heavy (non-hydrogen) atoms. The molecule has 0 saturated carbocycles. The summed E-state index contributed by atoms with van der Waals surface area (Å²) >= 11 is 0. The molecule has 0 aliphatic carbocycles. The van der Waals surface area contributed by atoms with Gasteiger partial charge in [-0.3, -0.25) is 4.79 Å². The number of anilines is 1. The van der Waals surface area contributed by atoms with E-state index in [4.69, 9.17) is 5.73 Å². The normalized spacial score (nSPS) is 10.2. The largest absolute Gasteiger partial charge is 0.399 e. The van der Waals surface area contributed by atoms with E-state index in [1.165, 1.54) is 24.3 Å². The van der Waals surface area contributed by atoms with E-state index in [9.17, 15) is 9.18 Å². The lowest BCUT2D eigenvalue weighted by Crippen LogP contribution is -2.03. The highest BCUT2D eigenvalue weighted by atomic mass is 19.1. The Morgan fingerprint density at radius 3 is 2.47 bits per heavy atom. The third-order valence-electron chi connectivity index (χ3n) is 2.48. The van der Waals surface area contributed by atoms with Gasteiger partial charge in [0.1, 0.15) is 5.82 Å². The molecule has 0 bridgehead atoms. The number of nitrogens with two attached hydrogens (primary N) is 1. The molecule has 0 heterocycles. The predicted molar refractivity (Wildman–Crippen MR) is 65.3 cm³/mol. The van der Waals surface area contributed by atoms with Crippen LogP contribution in [0, 0.1) is 5.82 Å². The number of Topliss-reactive ketones (excluding diaryl/α,β-unsaturated/α-hetero) is 1. The summed E-state index contributed by atoms with van der Waals surface area (Å²) < 4.78 is 12.7. The third kappa shape index (κ3) is 2.91. The Hall–Kier alpha value is -2.16. The zero-order chi connectivity index (χ0) is 12.3. The van der Waals surface area contributed by atoms with E-state index in [1.54, 1.807) is 12.1 Å². The average molecular weight is 229 g/mol. The van der Waals surface area contributed by atoms with Crippen molar-refractivity contribution in [2.24, 2.45) is 0 Å². The molecule has 0 saturated heterocycles. The molecular weight excluding hydrogens is 217 g/mol. The van der Waals surface area contributed by atoms with Crippen molar-refractivity contribution in [3.8, 4) is 0 Å². The zero-order valence-corrected chi connectivity index (χ0v) is 9.19. The second kappa shape index (κ2) is 4.78. The molecule has 0 aliphatic rings. The number of ketones is 1. The van der Waals surface area contributed by atoms with Crippen molar-refractivity contribution >= 4 is 11.5 Å². The van der Waals surface area contributed by atoms with Gasteiger partial charge in [0.05, 0.1) is 0 Å². The summed E-state index contributed by atoms with van der Waals surface area (Å²) in [5.74, 6) is -0.388. The molecule has 0 unspecified atom stereocenters. The van der Waals surface area contributed by atoms with E-state index in [-0.39, 0.29) is 18.0 Å². The van der Waals surface area contributed by atoms with Gasteiger partial charge in [0.15, 0.2) is 5.78 Å². The van der Waals surface area contributed by atoms with Crippen molar-refractivity contribution in [3.63, 3.8) is 0 Å². The standard InChI is InChI=1S/C14H12FNO/c15-12-6-4-11(5-7-12)14(17)9-10-2-1-3-13(16)8-10/h1-8H,9,16H2. The molecule has 0 fully saturated rings. The molecule has 3 heteroatoms. The van der Waals surface area contributed by atoms with Crippen LogP contribution in [0.15, 0.2) is 48.5 Å². The predicted octanol–water partition coefficient (Wildman–Crippen LogP) is 2.83. The minimum atomic E-state index is -0.342. The van der Waals surface area contributed by atoms with Crippen LogP contribution in [-0.4, -0.2) is 5.78 Å². The van der Waals surface area contributed by atoms with Gasteiger partial charge >= 0.3 is 0 Å². The Morgan fingerprint density at radius 1 is 1.12 bits per heavy atom. The van der Waals surface area contributed by atoms with Crippen molar-refractivity contribution in [3.05, 3.63) is 65.5 Å². The maximum absolute atomic E-state index is 12.7. The van der Waals surface area contributed by atoms with E-state index in [2.05, 4.69) is 0 Å². The summed E-state index contributed by atoms with van der Waals surface area (Å²) in [6.45, 7) is 0. The van der Waals surface area contributed by atoms with Gasteiger partial charge in [0.25, 0.3) is 0 Å². The fraction of sp³-hybridized carbons (Fsp3) is 0.0714. The number of carbonyl (C=O) groups is 1. The summed E-state index contributed by atoms with van der Waals surface area (Å²) in [5.41, 5.74) is 7.63. The molecule has 0 amide bonds. The quantitative estimate of drug-likeness (QED) is 0.649. The molecule has 0 atom stereocenters. The Labute approximate surface area is 98.9 Å². The molecular formula is C14H12FNO. The van der Waals surface area contributed by atoms with Gasteiger partial charge < -0.3 is 5.73 Å². The highest BCUT2D eigenvalue weighted by Gasteiger charge is 2.07. The lowest BCUT2D eigenvalue weighted by Gasteiger charge is -2.02. The molecule has 0 spiro atoms. The fourth-order valence-corrected chi connectivity index (χ4v) is 1.63. The zero-order valence-electron chi connectivity index (χ0n) is 9.19. The molecule has 0 aromatic heterocycles. The van der Waals surface area contributed by atoms with Crippen LogP contribution in [0.2, 0.25) is 0 Å². The van der Waals surface area contributed by atoms with E-state index in [0.717, 1.165) is 5.56 Å². The van der Waals surface area contributed by atoms with Crippen molar-refractivity contribution in [1.29, 1.82) is 0 Å². The summed E-state index contributed by atoms with van der Waals surface area (Å²) in [6, 6.07) is 12.7. The maximum atomic E-state index is 12.7. The smallest absolute Gasteiger partial charge is 0.167 e. The monoisotopic (exact) mass is 229 g/mol. The summed E-state index contributed by atoms with van der Waals surface area (Å²) in [7, 11) is 0. The molecule has 86 valence electrons. The number of hydrogen-bond donors (Lipinski definition) is 1. The van der Waals surface area contributed by atoms with Gasteiger partial charge in [-0.25, -0.2) is 4.39 Å². The fourth-order valence-electron chi connectivity index (χ4n) is 1.63. The second-order valence-electron chi connectivity index (χ2n) is 3.85. The van der Waals surface area contributed by atoms with Gasteiger partial charge in [-0.1, -0.05) is 12.1 Å². The maximum Gasteiger partial charge on any atom is 0.167 e. The van der Waals surface area contributed by atoms with Crippen LogP contribution in [0.25, 0.3) is 0 Å².